The summed E-state index contributed by atoms with van der Waals surface area (Å²) in [7, 11) is 0. The number of nitrogens with zero attached hydrogens (tertiary/aromatic N) is 4. The summed E-state index contributed by atoms with van der Waals surface area (Å²) < 4.78 is 13.7. The molecule has 2 rings (SSSR count). The molecule has 1 aromatic heterocycles. The smallest absolute Gasteiger partial charge is 0.390 e. The topological polar surface area (TPSA) is 103 Å². The van der Waals surface area contributed by atoms with E-state index in [-0.39, 0.29) is 6.54 Å². The zero-order chi connectivity index (χ0) is 13.8. The highest BCUT2D eigenvalue weighted by atomic mass is 19.1. The van der Waals surface area contributed by atoms with Crippen LogP contribution in [0.15, 0.2) is 30.6 Å². The molecule has 2 aromatic rings. The lowest BCUT2D eigenvalue weighted by atomic mass is 10.3. The minimum Gasteiger partial charge on any atom is -0.390 e. The van der Waals surface area contributed by atoms with E-state index in [0.29, 0.717) is 5.69 Å². The van der Waals surface area contributed by atoms with E-state index in [9.17, 15) is 19.3 Å². The lowest BCUT2D eigenvalue weighted by Crippen LogP contribution is -2.19. The third kappa shape index (κ3) is 3.31. The van der Waals surface area contributed by atoms with Gasteiger partial charge in [0.05, 0.1) is 0 Å². The first kappa shape index (κ1) is 12.6. The Morgan fingerprint density at radius 1 is 1.42 bits per heavy atom. The van der Waals surface area contributed by atoms with Gasteiger partial charge in [0.25, 0.3) is 0 Å². The zero-order valence-electron chi connectivity index (χ0n) is 9.49. The number of hydrogen-bond donors (Lipinski definition) is 1. The van der Waals surface area contributed by atoms with Crippen LogP contribution >= 0.6 is 0 Å². The number of rotatable bonds is 4. The van der Waals surface area contributed by atoms with Gasteiger partial charge in [0, 0.05) is 10.8 Å². The number of amides is 1. The molecular weight excluding hydrogens is 257 g/mol. The Balaban J connectivity index is 1.97. The molecule has 1 N–H and O–H groups in total. The fraction of sp³-hybridized carbons (Fsp3) is 0.100. The third-order valence-corrected chi connectivity index (χ3v) is 2.12. The molecule has 0 aliphatic rings. The van der Waals surface area contributed by atoms with Crippen molar-refractivity contribution >= 4 is 17.5 Å². The number of hydrogen-bond acceptors (Lipinski definition) is 5. The van der Waals surface area contributed by atoms with Crippen LogP contribution < -0.4 is 5.32 Å². The van der Waals surface area contributed by atoms with Gasteiger partial charge in [0.1, 0.15) is 12.4 Å². The second kappa shape index (κ2) is 5.21. The molecule has 0 saturated carbocycles. The molecule has 1 heterocycles. The molecule has 8 nitrogen and oxygen atoms in total. The van der Waals surface area contributed by atoms with E-state index >= 15 is 0 Å². The average Bonchev–Trinajstić information content (AvgIpc) is 2.80. The predicted molar refractivity (Wildman–Crippen MR) is 61.7 cm³/mol. The van der Waals surface area contributed by atoms with Crippen LogP contribution in [0, 0.1) is 15.9 Å². The third-order valence-electron chi connectivity index (χ3n) is 2.12. The van der Waals surface area contributed by atoms with E-state index in [4.69, 9.17) is 0 Å². The van der Waals surface area contributed by atoms with Crippen LogP contribution in [0.5, 0.6) is 0 Å². The lowest BCUT2D eigenvalue weighted by Gasteiger charge is -2.03. The fourth-order valence-corrected chi connectivity index (χ4v) is 1.33. The fourth-order valence-electron chi connectivity index (χ4n) is 1.33. The van der Waals surface area contributed by atoms with E-state index in [1.165, 1.54) is 24.3 Å². The largest absolute Gasteiger partial charge is 0.490 e. The van der Waals surface area contributed by atoms with Crippen LogP contribution in [0.2, 0.25) is 0 Å². The molecule has 1 aromatic carbocycles. The molecule has 0 atom stereocenters. The van der Waals surface area contributed by atoms with Crippen LogP contribution in [0.4, 0.5) is 16.0 Å². The van der Waals surface area contributed by atoms with Crippen molar-refractivity contribution in [1.82, 2.24) is 14.8 Å². The van der Waals surface area contributed by atoms with Crippen LogP contribution in [0.3, 0.4) is 0 Å². The minimum absolute atomic E-state index is 0.224. The van der Waals surface area contributed by atoms with Crippen LogP contribution in [-0.4, -0.2) is 25.6 Å². The maximum Gasteiger partial charge on any atom is 0.490 e. The van der Waals surface area contributed by atoms with Gasteiger partial charge in [-0.25, -0.2) is 4.39 Å². The van der Waals surface area contributed by atoms with Crippen molar-refractivity contribution in [2.45, 2.75) is 6.54 Å². The van der Waals surface area contributed by atoms with Crippen LogP contribution in [0.25, 0.3) is 0 Å². The normalized spacial score (nSPS) is 10.2. The standard InChI is InChI=1S/C10H8FN5O3/c11-7-1-3-8(4-2-7)13-9(17)5-15-6-12-10(14-15)16(18)19/h1-4,6H,5H2,(H,13,17). The molecule has 19 heavy (non-hydrogen) atoms. The van der Waals surface area contributed by atoms with Gasteiger partial charge in [-0.15, -0.1) is 0 Å². The van der Waals surface area contributed by atoms with Gasteiger partial charge in [-0.2, -0.15) is 4.68 Å². The van der Waals surface area contributed by atoms with Crippen molar-refractivity contribution in [3.05, 3.63) is 46.5 Å². The van der Waals surface area contributed by atoms with Crippen LogP contribution in [-0.2, 0) is 11.3 Å². The van der Waals surface area contributed by atoms with E-state index in [0.717, 1.165) is 11.0 Å². The molecule has 0 spiro atoms. The molecule has 0 aliphatic carbocycles. The number of aromatic nitrogens is 3. The molecule has 9 heteroatoms. The Hall–Kier alpha value is -2.84. The summed E-state index contributed by atoms with van der Waals surface area (Å²) in [5.41, 5.74) is 0.418. The molecule has 98 valence electrons. The molecule has 0 unspecified atom stereocenters. The van der Waals surface area contributed by atoms with Gasteiger partial charge < -0.3 is 15.4 Å². The Kier molecular flexibility index (Phi) is 3.46. The summed E-state index contributed by atoms with van der Waals surface area (Å²) in [6.07, 6.45) is 1.09. The Morgan fingerprint density at radius 2 is 2.11 bits per heavy atom. The molecular formula is C10H8FN5O3. The summed E-state index contributed by atoms with van der Waals surface area (Å²) in [6, 6.07) is 5.21. The highest BCUT2D eigenvalue weighted by molar-refractivity contribution is 5.90. The number of nitro groups is 1. The van der Waals surface area contributed by atoms with Crippen LogP contribution in [0.1, 0.15) is 0 Å². The summed E-state index contributed by atoms with van der Waals surface area (Å²) >= 11 is 0. The van der Waals surface area contributed by atoms with Crippen molar-refractivity contribution in [2.75, 3.05) is 5.32 Å². The summed E-state index contributed by atoms with van der Waals surface area (Å²) in [5, 5.41) is 16.3. The second-order valence-electron chi connectivity index (χ2n) is 3.55. The van der Waals surface area contributed by atoms with E-state index in [1.54, 1.807) is 0 Å². The van der Waals surface area contributed by atoms with Crippen molar-refractivity contribution in [2.24, 2.45) is 0 Å². The first-order chi connectivity index (χ1) is 9.04. The number of carbonyl (C=O) groups is 1. The Labute approximate surface area is 106 Å². The zero-order valence-corrected chi connectivity index (χ0v) is 9.49. The Morgan fingerprint density at radius 3 is 2.68 bits per heavy atom. The van der Waals surface area contributed by atoms with Crippen molar-refractivity contribution < 1.29 is 14.1 Å². The molecule has 0 aliphatic heterocycles. The van der Waals surface area contributed by atoms with E-state index in [1.807, 2.05) is 0 Å². The first-order valence-corrected chi connectivity index (χ1v) is 5.14. The molecule has 0 bridgehead atoms. The molecule has 0 radical (unpaired) electrons. The second-order valence-corrected chi connectivity index (χ2v) is 3.55. The monoisotopic (exact) mass is 265 g/mol. The Bertz CT molecular complexity index is 610. The summed E-state index contributed by atoms with van der Waals surface area (Å²) in [4.78, 5) is 24.6. The average molecular weight is 265 g/mol. The van der Waals surface area contributed by atoms with Gasteiger partial charge in [-0.05, 0) is 29.2 Å². The van der Waals surface area contributed by atoms with Crippen molar-refractivity contribution in [1.29, 1.82) is 0 Å². The minimum atomic E-state index is -0.756. The highest BCUT2D eigenvalue weighted by Gasteiger charge is 2.15. The quantitative estimate of drug-likeness (QED) is 0.655. The van der Waals surface area contributed by atoms with Gasteiger partial charge in [0.2, 0.25) is 12.2 Å². The maximum atomic E-state index is 12.7. The van der Waals surface area contributed by atoms with Gasteiger partial charge in [0.15, 0.2) is 0 Å². The lowest BCUT2D eigenvalue weighted by molar-refractivity contribution is -0.394. The summed E-state index contributed by atoms with van der Waals surface area (Å²) in [6.45, 7) is -0.224. The summed E-state index contributed by atoms with van der Waals surface area (Å²) in [5.74, 6) is -1.44. The SMILES string of the molecule is O=C(Cn1cnc([N+](=O)[O-])n1)Nc1ccc(F)cc1. The predicted octanol–water partition coefficient (Wildman–Crippen LogP) is 0.964. The maximum absolute atomic E-state index is 12.7. The van der Waals surface area contributed by atoms with Gasteiger partial charge in [-0.3, -0.25) is 4.79 Å². The number of halogens is 1. The first-order valence-electron chi connectivity index (χ1n) is 5.14. The van der Waals surface area contributed by atoms with Crippen molar-refractivity contribution in [3.8, 4) is 0 Å². The molecule has 0 fully saturated rings. The number of nitrogens with one attached hydrogen (secondary N) is 1. The van der Waals surface area contributed by atoms with E-state index in [2.05, 4.69) is 15.4 Å². The van der Waals surface area contributed by atoms with E-state index < -0.39 is 22.6 Å². The highest BCUT2D eigenvalue weighted by Crippen LogP contribution is 2.08. The molecule has 0 saturated heterocycles. The molecule has 1 amide bonds. The number of carbonyl (C=O) groups excluding carboxylic acids is 1. The van der Waals surface area contributed by atoms with Gasteiger partial charge >= 0.3 is 5.95 Å². The number of benzene rings is 1. The van der Waals surface area contributed by atoms with Gasteiger partial charge in [-0.1, -0.05) is 4.98 Å². The van der Waals surface area contributed by atoms with Crippen molar-refractivity contribution in [3.63, 3.8) is 0 Å². The number of anilines is 1.